The van der Waals surface area contributed by atoms with Crippen LogP contribution in [0.1, 0.15) is 56.4 Å². The van der Waals surface area contributed by atoms with Crippen LogP contribution >= 0.6 is 11.6 Å². The molecule has 0 spiro atoms. The van der Waals surface area contributed by atoms with Gasteiger partial charge >= 0.3 is 0 Å². The van der Waals surface area contributed by atoms with Gasteiger partial charge in [0.15, 0.2) is 0 Å². The Balaban J connectivity index is 1.54. The summed E-state index contributed by atoms with van der Waals surface area (Å²) in [5, 5.41) is 0.795. The van der Waals surface area contributed by atoms with Crippen molar-refractivity contribution in [3.63, 3.8) is 0 Å². The van der Waals surface area contributed by atoms with Crippen LogP contribution < -0.4 is 0 Å². The number of rotatable bonds is 2. The molecule has 1 aromatic rings. The summed E-state index contributed by atoms with van der Waals surface area (Å²) in [5.41, 5.74) is 1.36. The van der Waals surface area contributed by atoms with Gasteiger partial charge in [-0.05, 0) is 49.3 Å². The highest BCUT2D eigenvalue weighted by Gasteiger charge is 2.29. The minimum absolute atomic E-state index is 0.311. The zero-order valence-electron chi connectivity index (χ0n) is 12.6. The van der Waals surface area contributed by atoms with E-state index in [4.69, 9.17) is 11.6 Å². The highest BCUT2D eigenvalue weighted by Crippen LogP contribution is 2.31. The molecule has 1 saturated heterocycles. The van der Waals surface area contributed by atoms with E-state index in [0.717, 1.165) is 43.8 Å². The third-order valence-corrected chi connectivity index (χ3v) is 5.35. The number of halogens is 1. The van der Waals surface area contributed by atoms with Gasteiger partial charge in [-0.1, -0.05) is 43.0 Å². The number of hydrogen-bond acceptors (Lipinski definition) is 1. The lowest BCUT2D eigenvalue weighted by molar-refractivity contribution is -0.137. The zero-order valence-corrected chi connectivity index (χ0v) is 13.3. The Hall–Kier alpha value is -1.02. The molecule has 21 heavy (non-hydrogen) atoms. The van der Waals surface area contributed by atoms with Crippen molar-refractivity contribution in [3.8, 4) is 0 Å². The lowest BCUT2D eigenvalue weighted by Crippen LogP contribution is -2.41. The molecule has 0 bridgehead atoms. The molecule has 1 aliphatic carbocycles. The third kappa shape index (κ3) is 3.60. The highest BCUT2D eigenvalue weighted by atomic mass is 35.5. The molecule has 0 N–H and O–H groups in total. The number of hydrogen-bond donors (Lipinski definition) is 0. The number of carbonyl (C=O) groups is 1. The summed E-state index contributed by atoms with van der Waals surface area (Å²) < 4.78 is 0. The first-order valence-corrected chi connectivity index (χ1v) is 8.66. The summed E-state index contributed by atoms with van der Waals surface area (Å²) in [6, 6.07) is 8.20. The van der Waals surface area contributed by atoms with Crippen LogP contribution in [0.5, 0.6) is 0 Å². The molecule has 0 radical (unpaired) electrons. The Morgan fingerprint density at radius 3 is 2.19 bits per heavy atom. The number of carbonyl (C=O) groups excluding carboxylic acids is 1. The molecule has 1 amide bonds. The van der Waals surface area contributed by atoms with Crippen LogP contribution in [0.2, 0.25) is 5.02 Å². The van der Waals surface area contributed by atoms with Gasteiger partial charge in [-0.25, -0.2) is 0 Å². The van der Waals surface area contributed by atoms with Crippen molar-refractivity contribution in [2.75, 3.05) is 13.1 Å². The van der Waals surface area contributed by atoms with Crippen molar-refractivity contribution in [1.82, 2.24) is 4.90 Å². The molecule has 0 unspecified atom stereocenters. The quantitative estimate of drug-likeness (QED) is 0.780. The van der Waals surface area contributed by atoms with Gasteiger partial charge in [0.25, 0.3) is 0 Å². The smallest absolute Gasteiger partial charge is 0.225 e. The maximum atomic E-state index is 12.5. The van der Waals surface area contributed by atoms with Crippen molar-refractivity contribution in [3.05, 3.63) is 34.9 Å². The van der Waals surface area contributed by atoms with Gasteiger partial charge in [-0.2, -0.15) is 0 Å². The SMILES string of the molecule is O=C(C1CCCCC1)N1CCC(c2ccc(Cl)cc2)CC1. The molecule has 2 aliphatic rings. The van der Waals surface area contributed by atoms with Crippen LogP contribution in [0, 0.1) is 5.92 Å². The van der Waals surface area contributed by atoms with Crippen LogP contribution in [-0.4, -0.2) is 23.9 Å². The molecular weight excluding hydrogens is 282 g/mol. The van der Waals surface area contributed by atoms with E-state index >= 15 is 0 Å². The summed E-state index contributed by atoms with van der Waals surface area (Å²) in [6.07, 6.45) is 8.16. The van der Waals surface area contributed by atoms with E-state index in [9.17, 15) is 4.79 Å². The second-order valence-electron chi connectivity index (χ2n) is 6.49. The molecule has 3 rings (SSSR count). The lowest BCUT2D eigenvalue weighted by atomic mass is 9.86. The number of benzene rings is 1. The van der Waals surface area contributed by atoms with E-state index in [1.165, 1.54) is 24.8 Å². The first-order valence-electron chi connectivity index (χ1n) is 8.28. The molecule has 1 aliphatic heterocycles. The van der Waals surface area contributed by atoms with E-state index in [2.05, 4.69) is 17.0 Å². The van der Waals surface area contributed by atoms with Crippen LogP contribution in [-0.2, 0) is 4.79 Å². The molecule has 114 valence electrons. The Labute approximate surface area is 132 Å². The van der Waals surface area contributed by atoms with Crippen molar-refractivity contribution in [2.24, 2.45) is 5.92 Å². The van der Waals surface area contributed by atoms with E-state index in [-0.39, 0.29) is 0 Å². The molecule has 2 fully saturated rings. The fourth-order valence-electron chi connectivity index (χ4n) is 3.78. The van der Waals surface area contributed by atoms with Gasteiger partial charge in [0.1, 0.15) is 0 Å². The molecule has 3 heteroatoms. The number of likely N-dealkylation sites (tertiary alicyclic amines) is 1. The van der Waals surface area contributed by atoms with E-state index in [0.29, 0.717) is 17.7 Å². The van der Waals surface area contributed by atoms with E-state index in [1.807, 2.05) is 12.1 Å². The minimum Gasteiger partial charge on any atom is -0.342 e. The fraction of sp³-hybridized carbons (Fsp3) is 0.611. The summed E-state index contributed by atoms with van der Waals surface area (Å²) in [5.74, 6) is 1.31. The third-order valence-electron chi connectivity index (χ3n) is 5.10. The summed E-state index contributed by atoms with van der Waals surface area (Å²) in [7, 11) is 0. The molecule has 0 atom stereocenters. The minimum atomic E-state index is 0.311. The summed E-state index contributed by atoms with van der Waals surface area (Å²) >= 11 is 5.95. The fourth-order valence-corrected chi connectivity index (χ4v) is 3.90. The Morgan fingerprint density at radius 1 is 0.952 bits per heavy atom. The highest BCUT2D eigenvalue weighted by molar-refractivity contribution is 6.30. The van der Waals surface area contributed by atoms with Crippen LogP contribution in [0.3, 0.4) is 0 Å². The van der Waals surface area contributed by atoms with Crippen molar-refractivity contribution in [2.45, 2.75) is 50.9 Å². The summed E-state index contributed by atoms with van der Waals surface area (Å²) in [4.78, 5) is 14.7. The van der Waals surface area contributed by atoms with Gasteiger partial charge in [-0.15, -0.1) is 0 Å². The maximum absolute atomic E-state index is 12.5. The predicted molar refractivity (Wildman–Crippen MR) is 86.6 cm³/mol. The van der Waals surface area contributed by atoms with Gasteiger partial charge in [0, 0.05) is 24.0 Å². The molecule has 1 heterocycles. The van der Waals surface area contributed by atoms with Crippen LogP contribution in [0.4, 0.5) is 0 Å². The number of piperidine rings is 1. The molecular formula is C18H24ClNO. The number of nitrogens with zero attached hydrogens (tertiary/aromatic N) is 1. The Bertz CT molecular complexity index is 470. The molecule has 2 nitrogen and oxygen atoms in total. The van der Waals surface area contributed by atoms with Gasteiger partial charge in [-0.3, -0.25) is 4.79 Å². The van der Waals surface area contributed by atoms with Crippen molar-refractivity contribution < 1.29 is 4.79 Å². The Kier molecular flexibility index (Phi) is 4.84. The Morgan fingerprint density at radius 2 is 1.57 bits per heavy atom. The maximum Gasteiger partial charge on any atom is 0.225 e. The average Bonchev–Trinajstić information content (AvgIpc) is 2.56. The topological polar surface area (TPSA) is 20.3 Å². The number of amides is 1. The first kappa shape index (κ1) is 14.9. The lowest BCUT2D eigenvalue weighted by Gasteiger charge is -2.35. The standard InChI is InChI=1S/C18H24ClNO/c19-17-8-6-14(7-9-17)15-10-12-20(13-11-15)18(21)16-4-2-1-3-5-16/h6-9,15-16H,1-5,10-13H2. The van der Waals surface area contributed by atoms with Crippen molar-refractivity contribution >= 4 is 17.5 Å². The van der Waals surface area contributed by atoms with Gasteiger partial charge in [0.05, 0.1) is 0 Å². The molecule has 0 aromatic heterocycles. The summed E-state index contributed by atoms with van der Waals surface area (Å²) in [6.45, 7) is 1.84. The molecule has 1 aromatic carbocycles. The average molecular weight is 306 g/mol. The zero-order chi connectivity index (χ0) is 14.7. The van der Waals surface area contributed by atoms with Crippen LogP contribution in [0.15, 0.2) is 24.3 Å². The second kappa shape index (κ2) is 6.83. The predicted octanol–water partition coefficient (Wildman–Crippen LogP) is 4.63. The first-order chi connectivity index (χ1) is 10.2. The van der Waals surface area contributed by atoms with E-state index in [1.54, 1.807) is 0 Å². The van der Waals surface area contributed by atoms with Gasteiger partial charge < -0.3 is 4.90 Å². The van der Waals surface area contributed by atoms with Gasteiger partial charge in [0.2, 0.25) is 5.91 Å². The van der Waals surface area contributed by atoms with E-state index < -0.39 is 0 Å². The van der Waals surface area contributed by atoms with Crippen LogP contribution in [0.25, 0.3) is 0 Å². The van der Waals surface area contributed by atoms with Crippen molar-refractivity contribution in [1.29, 1.82) is 0 Å². The largest absolute Gasteiger partial charge is 0.342 e. The normalized spacial score (nSPS) is 21.5. The monoisotopic (exact) mass is 305 g/mol. The molecule has 1 saturated carbocycles. The second-order valence-corrected chi connectivity index (χ2v) is 6.92.